The Balaban J connectivity index is 1.87. The summed E-state index contributed by atoms with van der Waals surface area (Å²) < 4.78 is 5.31. The lowest BCUT2D eigenvalue weighted by molar-refractivity contribution is 0.0410. The molecule has 1 aliphatic heterocycles. The zero-order chi connectivity index (χ0) is 10.8. The van der Waals surface area contributed by atoms with E-state index < -0.39 is 0 Å². The number of unbranched alkanes of at least 4 members (excludes halogenated alkanes) is 1. The van der Waals surface area contributed by atoms with E-state index in [0.717, 1.165) is 26.3 Å². The van der Waals surface area contributed by atoms with Gasteiger partial charge in [0.2, 0.25) is 0 Å². The molecule has 1 saturated heterocycles. The molecule has 0 spiro atoms. The van der Waals surface area contributed by atoms with Gasteiger partial charge in [-0.05, 0) is 11.8 Å². The third-order valence-electron chi connectivity index (χ3n) is 2.27. The Hall–Kier alpha value is 0.360. The molecule has 0 atom stereocenters. The molecule has 1 heterocycles. The van der Waals surface area contributed by atoms with Crippen LogP contribution in [-0.4, -0.2) is 43.5 Å². The van der Waals surface area contributed by atoms with Gasteiger partial charge in [-0.2, -0.15) is 0 Å². The maximum Gasteiger partial charge on any atom is 0.0594 e. The monoisotopic (exact) mass is 247 g/mol. The van der Waals surface area contributed by atoms with Crippen LogP contribution >= 0.6 is 21.6 Å². The highest BCUT2D eigenvalue weighted by atomic mass is 33.1. The first-order chi connectivity index (χ1) is 7.43. The normalized spacial score (nSPS) is 18.7. The first-order valence-electron chi connectivity index (χ1n) is 5.67. The topological polar surface area (TPSA) is 12.5 Å². The Labute approximate surface area is 101 Å². The second-order valence-corrected chi connectivity index (χ2v) is 5.93. The van der Waals surface area contributed by atoms with Crippen molar-refractivity contribution in [3.63, 3.8) is 0 Å². The summed E-state index contributed by atoms with van der Waals surface area (Å²) in [6.45, 7) is 7.44. The summed E-state index contributed by atoms with van der Waals surface area (Å²) in [5, 5.41) is 2.22. The molecule has 0 saturated carbocycles. The predicted octanol–water partition coefficient (Wildman–Crippen LogP) is 3.01. The minimum absolute atomic E-state index is 0.911. The Morgan fingerprint density at radius 2 is 2.13 bits per heavy atom. The van der Waals surface area contributed by atoms with Crippen LogP contribution in [0.5, 0.6) is 0 Å². The molecule has 15 heavy (non-hydrogen) atoms. The fraction of sp³-hybridized carbons (Fsp3) is 0.818. The van der Waals surface area contributed by atoms with Gasteiger partial charge in [-0.1, -0.05) is 41.0 Å². The minimum Gasteiger partial charge on any atom is -0.379 e. The third kappa shape index (κ3) is 7.28. The van der Waals surface area contributed by atoms with Gasteiger partial charge in [0.05, 0.1) is 13.2 Å². The van der Waals surface area contributed by atoms with Crippen molar-refractivity contribution in [3.05, 3.63) is 11.5 Å². The van der Waals surface area contributed by atoms with Gasteiger partial charge in [-0.25, -0.2) is 0 Å². The van der Waals surface area contributed by atoms with Crippen molar-refractivity contribution in [2.24, 2.45) is 0 Å². The van der Waals surface area contributed by atoms with Gasteiger partial charge in [-0.15, -0.1) is 0 Å². The van der Waals surface area contributed by atoms with Crippen molar-refractivity contribution in [2.75, 3.05) is 38.6 Å². The summed E-state index contributed by atoms with van der Waals surface area (Å²) in [6, 6.07) is 0. The lowest BCUT2D eigenvalue weighted by Crippen LogP contribution is -2.37. The van der Waals surface area contributed by atoms with Crippen LogP contribution in [0.3, 0.4) is 0 Å². The predicted molar refractivity (Wildman–Crippen MR) is 71.4 cm³/mol. The molecular formula is C11H21NOS2. The second-order valence-electron chi connectivity index (χ2n) is 3.53. The number of ether oxygens (including phenoxy) is 1. The molecule has 0 radical (unpaired) electrons. The third-order valence-corrected chi connectivity index (χ3v) is 4.30. The van der Waals surface area contributed by atoms with Crippen LogP contribution in [0.4, 0.5) is 0 Å². The number of allylic oxidation sites excluding steroid dienone is 1. The number of hydrogen-bond acceptors (Lipinski definition) is 4. The molecule has 4 heteroatoms. The first kappa shape index (κ1) is 13.4. The Kier molecular flexibility index (Phi) is 8.57. The van der Waals surface area contributed by atoms with Crippen LogP contribution in [0.1, 0.15) is 19.8 Å². The summed E-state index contributed by atoms with van der Waals surface area (Å²) in [5.41, 5.74) is 0. The van der Waals surface area contributed by atoms with Crippen LogP contribution in [0.15, 0.2) is 11.5 Å². The second kappa shape index (κ2) is 9.58. The van der Waals surface area contributed by atoms with E-state index in [1.165, 1.54) is 25.1 Å². The highest BCUT2D eigenvalue weighted by Crippen LogP contribution is 2.22. The van der Waals surface area contributed by atoms with Gasteiger partial charge >= 0.3 is 0 Å². The van der Waals surface area contributed by atoms with Gasteiger partial charge in [0.1, 0.15) is 0 Å². The standard InChI is InChI=1S/C11H21NOS2/c1-2-3-4-10-14-15-11-7-12-5-8-13-9-6-12/h4,10H,2-3,5-9,11H2,1H3/b10-4-. The minimum atomic E-state index is 0.911. The lowest BCUT2D eigenvalue weighted by atomic mass is 10.3. The van der Waals surface area contributed by atoms with E-state index in [0.29, 0.717) is 0 Å². The van der Waals surface area contributed by atoms with Gasteiger partial charge in [0.25, 0.3) is 0 Å². The summed E-state index contributed by atoms with van der Waals surface area (Å²) in [4.78, 5) is 2.48. The van der Waals surface area contributed by atoms with E-state index in [1.54, 1.807) is 0 Å². The smallest absolute Gasteiger partial charge is 0.0594 e. The first-order valence-corrected chi connectivity index (χ1v) is 8.05. The average molecular weight is 247 g/mol. The van der Waals surface area contributed by atoms with Crippen molar-refractivity contribution >= 4 is 21.6 Å². The van der Waals surface area contributed by atoms with Crippen LogP contribution in [0, 0.1) is 0 Å². The fourth-order valence-corrected chi connectivity index (χ4v) is 3.06. The Morgan fingerprint density at radius 3 is 2.87 bits per heavy atom. The highest BCUT2D eigenvalue weighted by Gasteiger charge is 2.08. The number of morpholine rings is 1. The van der Waals surface area contributed by atoms with Crippen LogP contribution in [-0.2, 0) is 4.74 Å². The van der Waals surface area contributed by atoms with E-state index in [2.05, 4.69) is 23.3 Å². The Morgan fingerprint density at radius 1 is 1.33 bits per heavy atom. The molecule has 0 amide bonds. The molecular weight excluding hydrogens is 226 g/mol. The van der Waals surface area contributed by atoms with Crippen LogP contribution in [0.25, 0.3) is 0 Å². The molecule has 0 aromatic rings. The average Bonchev–Trinajstić information content (AvgIpc) is 2.29. The van der Waals surface area contributed by atoms with Crippen molar-refractivity contribution in [3.8, 4) is 0 Å². The van der Waals surface area contributed by atoms with Crippen LogP contribution in [0.2, 0.25) is 0 Å². The zero-order valence-corrected chi connectivity index (χ0v) is 11.1. The quantitative estimate of drug-likeness (QED) is 0.506. The molecule has 0 aromatic carbocycles. The van der Waals surface area contributed by atoms with Crippen molar-refractivity contribution < 1.29 is 4.74 Å². The van der Waals surface area contributed by atoms with Crippen LogP contribution < -0.4 is 0 Å². The summed E-state index contributed by atoms with van der Waals surface area (Å²) >= 11 is 0. The number of hydrogen-bond donors (Lipinski definition) is 0. The highest BCUT2D eigenvalue weighted by molar-refractivity contribution is 8.77. The van der Waals surface area contributed by atoms with Gasteiger partial charge in [0.15, 0.2) is 0 Å². The number of nitrogens with zero attached hydrogens (tertiary/aromatic N) is 1. The summed E-state index contributed by atoms with van der Waals surface area (Å²) in [6.07, 6.45) is 4.71. The van der Waals surface area contributed by atoms with Crippen molar-refractivity contribution in [2.45, 2.75) is 19.8 Å². The van der Waals surface area contributed by atoms with Crippen molar-refractivity contribution in [1.29, 1.82) is 0 Å². The molecule has 1 aliphatic rings. The molecule has 88 valence electrons. The van der Waals surface area contributed by atoms with E-state index in [9.17, 15) is 0 Å². The largest absolute Gasteiger partial charge is 0.379 e. The maximum atomic E-state index is 5.31. The summed E-state index contributed by atoms with van der Waals surface area (Å²) in [7, 11) is 3.80. The van der Waals surface area contributed by atoms with E-state index in [1.807, 2.05) is 21.6 Å². The van der Waals surface area contributed by atoms with Gasteiger partial charge < -0.3 is 4.74 Å². The molecule has 2 nitrogen and oxygen atoms in total. The fourth-order valence-electron chi connectivity index (χ4n) is 1.35. The van der Waals surface area contributed by atoms with Gasteiger partial charge in [-0.3, -0.25) is 4.90 Å². The van der Waals surface area contributed by atoms with E-state index in [-0.39, 0.29) is 0 Å². The van der Waals surface area contributed by atoms with Gasteiger partial charge in [0, 0.05) is 25.4 Å². The number of rotatable bonds is 7. The summed E-state index contributed by atoms with van der Waals surface area (Å²) in [5.74, 6) is 1.21. The molecule has 0 unspecified atom stereocenters. The zero-order valence-electron chi connectivity index (χ0n) is 9.48. The van der Waals surface area contributed by atoms with Crippen molar-refractivity contribution in [1.82, 2.24) is 4.90 Å². The maximum absolute atomic E-state index is 5.31. The molecule has 0 N–H and O–H groups in total. The molecule has 1 rings (SSSR count). The van der Waals surface area contributed by atoms with E-state index >= 15 is 0 Å². The molecule has 0 aliphatic carbocycles. The SMILES string of the molecule is CCC/C=C\SSCCN1CCOCC1. The molecule has 1 fully saturated rings. The van der Waals surface area contributed by atoms with E-state index in [4.69, 9.17) is 4.74 Å². The lowest BCUT2D eigenvalue weighted by Gasteiger charge is -2.25. The molecule has 0 aromatic heterocycles. The Bertz CT molecular complexity index is 170. The molecule has 0 bridgehead atoms.